The fourth-order valence-electron chi connectivity index (χ4n) is 2.78. The molecule has 0 rings (SSSR count). The molecule has 1 N–H and O–H groups in total. The van der Waals surface area contributed by atoms with E-state index in [0.29, 0.717) is 12.5 Å². The highest BCUT2D eigenvalue weighted by Gasteiger charge is 2.09. The van der Waals surface area contributed by atoms with Crippen molar-refractivity contribution in [3.8, 4) is 0 Å². The highest BCUT2D eigenvalue weighted by molar-refractivity contribution is 7.80. The van der Waals surface area contributed by atoms with Crippen LogP contribution in [0.1, 0.15) is 104 Å². The summed E-state index contributed by atoms with van der Waals surface area (Å²) in [6.45, 7) is 4.44. The van der Waals surface area contributed by atoms with Crippen LogP contribution < -0.4 is 5.32 Å². The third-order valence-electron chi connectivity index (χ3n) is 4.33. The van der Waals surface area contributed by atoms with Crippen LogP contribution in [0.3, 0.4) is 0 Å². The Bertz CT molecular complexity index is 246. The van der Waals surface area contributed by atoms with Gasteiger partial charge in [0, 0.05) is 12.5 Å². The van der Waals surface area contributed by atoms with Crippen LogP contribution in [0.4, 0.5) is 0 Å². The van der Waals surface area contributed by atoms with Crippen LogP contribution in [0, 0.1) is 0 Å². The first kappa shape index (κ1) is 21.8. The van der Waals surface area contributed by atoms with Gasteiger partial charge < -0.3 is 5.32 Å². The van der Waals surface area contributed by atoms with Crippen molar-refractivity contribution in [1.82, 2.24) is 5.32 Å². The van der Waals surface area contributed by atoms with Crippen molar-refractivity contribution in [2.75, 3.05) is 5.75 Å². The Morgan fingerprint density at radius 3 is 2.05 bits per heavy atom. The van der Waals surface area contributed by atoms with Crippen molar-refractivity contribution in [2.24, 2.45) is 0 Å². The number of hydrogen-bond donors (Lipinski definition) is 2. The third-order valence-corrected chi connectivity index (χ3v) is 4.64. The normalized spacial score (nSPS) is 12.3. The molecule has 0 heterocycles. The number of amides is 1. The molecule has 0 fully saturated rings. The summed E-state index contributed by atoms with van der Waals surface area (Å²) in [5, 5.41) is 3.20. The number of carbonyl (C=O) groups excluding carboxylic acids is 1. The maximum Gasteiger partial charge on any atom is 0.220 e. The highest BCUT2D eigenvalue weighted by atomic mass is 32.1. The molecular formula is C19H39NOS. The van der Waals surface area contributed by atoms with E-state index in [-0.39, 0.29) is 5.91 Å². The van der Waals surface area contributed by atoms with Crippen LogP contribution in [-0.4, -0.2) is 17.7 Å². The largest absolute Gasteiger partial charge is 0.353 e. The summed E-state index contributed by atoms with van der Waals surface area (Å²) in [6, 6.07) is 0.387. The van der Waals surface area contributed by atoms with E-state index in [0.717, 1.165) is 37.9 Å². The van der Waals surface area contributed by atoms with Crippen LogP contribution in [0.5, 0.6) is 0 Å². The van der Waals surface area contributed by atoms with Gasteiger partial charge in [-0.05, 0) is 31.4 Å². The van der Waals surface area contributed by atoms with Gasteiger partial charge in [0.05, 0.1) is 0 Å². The Kier molecular flexibility index (Phi) is 17.0. The average molecular weight is 330 g/mol. The van der Waals surface area contributed by atoms with Gasteiger partial charge in [0.25, 0.3) is 0 Å². The Labute approximate surface area is 144 Å². The van der Waals surface area contributed by atoms with E-state index in [1.165, 1.54) is 51.4 Å². The lowest BCUT2D eigenvalue weighted by atomic mass is 10.0. The second kappa shape index (κ2) is 17.2. The molecule has 0 aromatic rings. The standard InChI is InChI=1S/C19H39NOS/c1-3-5-6-7-8-9-10-12-15-18(4-2)20-19(21)16-13-11-14-17-22/h18,22H,3-17H2,1-2H3,(H,20,21). The molecule has 0 aliphatic rings. The van der Waals surface area contributed by atoms with E-state index in [1.54, 1.807) is 0 Å². The molecule has 2 nitrogen and oxygen atoms in total. The summed E-state index contributed by atoms with van der Waals surface area (Å²) in [5.41, 5.74) is 0. The average Bonchev–Trinajstić information content (AvgIpc) is 2.53. The van der Waals surface area contributed by atoms with Crippen molar-refractivity contribution < 1.29 is 4.79 Å². The first-order valence-corrected chi connectivity index (χ1v) is 10.3. The van der Waals surface area contributed by atoms with Crippen molar-refractivity contribution >= 4 is 18.5 Å². The van der Waals surface area contributed by atoms with Gasteiger partial charge in [-0.2, -0.15) is 12.6 Å². The van der Waals surface area contributed by atoms with Gasteiger partial charge in [-0.1, -0.05) is 71.6 Å². The Hall–Kier alpha value is -0.180. The molecule has 0 aliphatic carbocycles. The lowest BCUT2D eigenvalue weighted by Crippen LogP contribution is -2.34. The molecule has 132 valence electrons. The van der Waals surface area contributed by atoms with Crippen molar-refractivity contribution in [3.63, 3.8) is 0 Å². The third kappa shape index (κ3) is 14.7. The van der Waals surface area contributed by atoms with Crippen LogP contribution in [0.25, 0.3) is 0 Å². The van der Waals surface area contributed by atoms with E-state index in [9.17, 15) is 4.79 Å². The summed E-state index contributed by atoms with van der Waals surface area (Å²) in [7, 11) is 0. The minimum absolute atomic E-state index is 0.241. The van der Waals surface area contributed by atoms with Gasteiger partial charge in [-0.15, -0.1) is 0 Å². The van der Waals surface area contributed by atoms with Crippen LogP contribution in [0.15, 0.2) is 0 Å². The zero-order chi connectivity index (χ0) is 16.5. The summed E-state index contributed by atoms with van der Waals surface area (Å²) in [4.78, 5) is 11.9. The second-order valence-electron chi connectivity index (χ2n) is 6.47. The van der Waals surface area contributed by atoms with Gasteiger partial charge in [0.1, 0.15) is 0 Å². The molecule has 1 unspecified atom stereocenters. The van der Waals surface area contributed by atoms with Gasteiger partial charge in [-0.3, -0.25) is 4.79 Å². The second-order valence-corrected chi connectivity index (χ2v) is 6.92. The highest BCUT2D eigenvalue weighted by Crippen LogP contribution is 2.12. The number of thiol groups is 1. The van der Waals surface area contributed by atoms with Gasteiger partial charge in [0.2, 0.25) is 5.91 Å². The van der Waals surface area contributed by atoms with Gasteiger partial charge in [0.15, 0.2) is 0 Å². The minimum Gasteiger partial charge on any atom is -0.353 e. The van der Waals surface area contributed by atoms with Gasteiger partial charge >= 0.3 is 0 Å². The summed E-state index contributed by atoms with van der Waals surface area (Å²) >= 11 is 4.19. The Morgan fingerprint density at radius 2 is 1.45 bits per heavy atom. The molecule has 22 heavy (non-hydrogen) atoms. The molecule has 1 amide bonds. The predicted octanol–water partition coefficient (Wildman–Crippen LogP) is 5.90. The number of rotatable bonds is 16. The first-order chi connectivity index (χ1) is 10.7. The molecule has 0 saturated heterocycles. The Morgan fingerprint density at radius 1 is 0.864 bits per heavy atom. The van der Waals surface area contributed by atoms with Crippen molar-refractivity contribution in [1.29, 1.82) is 0 Å². The summed E-state index contributed by atoms with van der Waals surface area (Å²) in [6.07, 6.45) is 16.9. The number of hydrogen-bond acceptors (Lipinski definition) is 2. The van der Waals surface area contributed by atoms with Gasteiger partial charge in [-0.25, -0.2) is 0 Å². The molecule has 0 saturated carbocycles. The van der Waals surface area contributed by atoms with E-state index in [1.807, 2.05) is 0 Å². The number of carbonyl (C=O) groups is 1. The first-order valence-electron chi connectivity index (χ1n) is 9.64. The summed E-state index contributed by atoms with van der Waals surface area (Å²) < 4.78 is 0. The predicted molar refractivity (Wildman–Crippen MR) is 102 cm³/mol. The van der Waals surface area contributed by atoms with Crippen LogP contribution in [-0.2, 0) is 4.79 Å². The van der Waals surface area contributed by atoms with Crippen molar-refractivity contribution in [2.45, 2.75) is 110 Å². The molecule has 0 spiro atoms. The minimum atomic E-state index is 0.241. The maximum atomic E-state index is 11.9. The molecule has 3 heteroatoms. The van der Waals surface area contributed by atoms with Crippen LogP contribution >= 0.6 is 12.6 Å². The SMILES string of the molecule is CCCCCCCCCCC(CC)NC(=O)CCCCCS. The number of unbranched alkanes of at least 4 members (excludes halogenated alkanes) is 9. The fourth-order valence-corrected chi connectivity index (χ4v) is 3.00. The zero-order valence-electron chi connectivity index (χ0n) is 15.0. The molecule has 0 radical (unpaired) electrons. The molecule has 0 aromatic heterocycles. The molecular weight excluding hydrogens is 290 g/mol. The molecule has 0 aromatic carbocycles. The monoisotopic (exact) mass is 329 g/mol. The quantitative estimate of drug-likeness (QED) is 0.268. The maximum absolute atomic E-state index is 11.9. The van der Waals surface area contributed by atoms with E-state index in [2.05, 4.69) is 31.8 Å². The smallest absolute Gasteiger partial charge is 0.220 e. The molecule has 0 bridgehead atoms. The summed E-state index contributed by atoms with van der Waals surface area (Å²) in [5.74, 6) is 1.17. The van der Waals surface area contributed by atoms with E-state index in [4.69, 9.17) is 0 Å². The number of nitrogens with one attached hydrogen (secondary N) is 1. The van der Waals surface area contributed by atoms with Crippen LogP contribution in [0.2, 0.25) is 0 Å². The fraction of sp³-hybridized carbons (Fsp3) is 0.947. The Balaban J connectivity index is 3.51. The molecule has 1 atom stereocenters. The lowest BCUT2D eigenvalue weighted by molar-refractivity contribution is -0.122. The topological polar surface area (TPSA) is 29.1 Å². The van der Waals surface area contributed by atoms with Crippen molar-refractivity contribution in [3.05, 3.63) is 0 Å². The zero-order valence-corrected chi connectivity index (χ0v) is 15.9. The van der Waals surface area contributed by atoms with E-state index < -0.39 is 0 Å². The lowest BCUT2D eigenvalue weighted by Gasteiger charge is -2.17. The molecule has 0 aliphatic heterocycles. The van der Waals surface area contributed by atoms with E-state index >= 15 is 0 Å².